The number of aliphatic hydroxyl groups is 3. The van der Waals surface area contributed by atoms with Gasteiger partial charge in [0.05, 0.1) is 6.10 Å². The van der Waals surface area contributed by atoms with Crippen molar-refractivity contribution >= 4 is 18.0 Å². The molecule has 0 bridgehead atoms. The van der Waals surface area contributed by atoms with Crippen molar-refractivity contribution in [1.29, 1.82) is 0 Å². The maximum Gasteiger partial charge on any atom is 0.221 e. The highest BCUT2D eigenvalue weighted by Gasteiger charge is 2.28. The third kappa shape index (κ3) is 2.12. The van der Waals surface area contributed by atoms with Crippen molar-refractivity contribution in [1.82, 2.24) is 5.32 Å². The first-order valence-corrected chi connectivity index (χ1v) is 5.02. The first-order chi connectivity index (χ1) is 7.99. The molecule has 2 rings (SSSR count). The Morgan fingerprint density at radius 2 is 2.18 bits per heavy atom. The number of aliphatic imine (C=N–C) groups is 3. The Kier molecular flexibility index (Phi) is 2.82. The summed E-state index contributed by atoms with van der Waals surface area (Å²) in [4.78, 5) is 11.8. The Balaban J connectivity index is 2.30. The topological polar surface area (TPSA) is 136 Å². The molecule has 8 heteroatoms. The molecule has 2 aliphatic rings. The summed E-state index contributed by atoms with van der Waals surface area (Å²) in [7, 11) is 0. The van der Waals surface area contributed by atoms with E-state index in [4.69, 9.17) is 5.73 Å². The van der Waals surface area contributed by atoms with E-state index in [1.807, 2.05) is 0 Å². The Labute approximate surface area is 96.9 Å². The summed E-state index contributed by atoms with van der Waals surface area (Å²) in [5.74, 6) is -0.115. The molecule has 0 aromatic carbocycles. The number of aliphatic hydroxyl groups excluding tert-OH is 3. The molecular formula is C9H13N5O3. The molecule has 0 amide bonds. The molecule has 2 heterocycles. The zero-order chi connectivity index (χ0) is 12.6. The minimum Gasteiger partial charge on any atom is -0.493 e. The summed E-state index contributed by atoms with van der Waals surface area (Å²) in [6, 6.07) is -0.712. The SMILES string of the molecule is CC(O)C(O)C1C=NC2=C(O)NC(N)=NC2=N1. The lowest BCUT2D eigenvalue weighted by Crippen LogP contribution is -2.41. The first-order valence-electron chi connectivity index (χ1n) is 5.02. The minimum atomic E-state index is -1.08. The van der Waals surface area contributed by atoms with Crippen molar-refractivity contribution in [2.45, 2.75) is 25.2 Å². The van der Waals surface area contributed by atoms with Gasteiger partial charge in [0.2, 0.25) is 11.8 Å². The molecule has 3 unspecified atom stereocenters. The van der Waals surface area contributed by atoms with Crippen LogP contribution in [0.25, 0.3) is 0 Å². The smallest absolute Gasteiger partial charge is 0.221 e. The van der Waals surface area contributed by atoms with E-state index in [-0.39, 0.29) is 23.4 Å². The van der Waals surface area contributed by atoms with E-state index in [9.17, 15) is 15.3 Å². The monoisotopic (exact) mass is 239 g/mol. The molecule has 0 fully saturated rings. The molecule has 6 N–H and O–H groups in total. The van der Waals surface area contributed by atoms with Crippen LogP contribution >= 0.6 is 0 Å². The Bertz CT molecular complexity index is 452. The van der Waals surface area contributed by atoms with E-state index < -0.39 is 18.2 Å². The fourth-order valence-corrected chi connectivity index (χ4v) is 1.47. The van der Waals surface area contributed by atoms with Crippen LogP contribution in [0, 0.1) is 0 Å². The molecule has 0 saturated carbocycles. The molecule has 0 aromatic heterocycles. The maximum absolute atomic E-state index is 9.65. The van der Waals surface area contributed by atoms with E-state index in [1.54, 1.807) is 0 Å². The van der Waals surface area contributed by atoms with Crippen LogP contribution < -0.4 is 11.1 Å². The molecule has 8 nitrogen and oxygen atoms in total. The molecule has 92 valence electrons. The van der Waals surface area contributed by atoms with Crippen molar-refractivity contribution in [3.63, 3.8) is 0 Å². The van der Waals surface area contributed by atoms with Crippen molar-refractivity contribution in [2.24, 2.45) is 20.7 Å². The van der Waals surface area contributed by atoms with Crippen LogP contribution in [0.4, 0.5) is 0 Å². The average Bonchev–Trinajstić information content (AvgIpc) is 2.26. The van der Waals surface area contributed by atoms with Crippen LogP contribution in [0.3, 0.4) is 0 Å². The maximum atomic E-state index is 9.65. The molecular weight excluding hydrogens is 226 g/mol. The van der Waals surface area contributed by atoms with Gasteiger partial charge in [-0.1, -0.05) is 0 Å². The first kappa shape index (κ1) is 11.6. The quantitative estimate of drug-likeness (QED) is 0.388. The van der Waals surface area contributed by atoms with Gasteiger partial charge in [0.15, 0.2) is 11.5 Å². The van der Waals surface area contributed by atoms with E-state index in [1.165, 1.54) is 13.1 Å². The van der Waals surface area contributed by atoms with Gasteiger partial charge in [-0.25, -0.2) is 4.99 Å². The summed E-state index contributed by atoms with van der Waals surface area (Å²) in [6.07, 6.45) is -0.690. The number of nitrogens with one attached hydrogen (secondary N) is 1. The molecule has 0 radical (unpaired) electrons. The van der Waals surface area contributed by atoms with Crippen molar-refractivity contribution in [2.75, 3.05) is 0 Å². The van der Waals surface area contributed by atoms with Gasteiger partial charge in [0, 0.05) is 6.21 Å². The molecule has 3 atom stereocenters. The third-order valence-electron chi connectivity index (χ3n) is 2.38. The van der Waals surface area contributed by atoms with Crippen molar-refractivity contribution in [3.05, 3.63) is 11.6 Å². The van der Waals surface area contributed by atoms with Crippen molar-refractivity contribution < 1.29 is 15.3 Å². The van der Waals surface area contributed by atoms with Gasteiger partial charge in [-0.3, -0.25) is 10.3 Å². The second kappa shape index (κ2) is 4.15. The highest BCUT2D eigenvalue weighted by molar-refractivity contribution is 6.10. The molecule has 17 heavy (non-hydrogen) atoms. The average molecular weight is 239 g/mol. The number of hydrogen-bond donors (Lipinski definition) is 5. The Morgan fingerprint density at radius 3 is 2.82 bits per heavy atom. The molecule has 0 aliphatic carbocycles. The largest absolute Gasteiger partial charge is 0.493 e. The summed E-state index contributed by atoms with van der Waals surface area (Å²) < 4.78 is 0. The fourth-order valence-electron chi connectivity index (χ4n) is 1.47. The highest BCUT2D eigenvalue weighted by Crippen LogP contribution is 2.17. The Hall–Kier alpha value is -1.93. The van der Waals surface area contributed by atoms with Gasteiger partial charge in [-0.05, 0) is 6.92 Å². The van der Waals surface area contributed by atoms with Gasteiger partial charge < -0.3 is 21.1 Å². The van der Waals surface area contributed by atoms with Crippen LogP contribution in [0.1, 0.15) is 6.92 Å². The number of fused-ring (bicyclic) bond motifs is 1. The van der Waals surface area contributed by atoms with Gasteiger partial charge in [0.1, 0.15) is 12.1 Å². The summed E-state index contributed by atoms with van der Waals surface area (Å²) in [5, 5.41) is 30.8. The van der Waals surface area contributed by atoms with Crippen LogP contribution in [0.15, 0.2) is 26.6 Å². The number of hydrogen-bond acceptors (Lipinski definition) is 8. The van der Waals surface area contributed by atoms with E-state index in [2.05, 4.69) is 20.3 Å². The van der Waals surface area contributed by atoms with Gasteiger partial charge in [0.25, 0.3) is 0 Å². The summed E-state index contributed by atoms with van der Waals surface area (Å²) in [5.41, 5.74) is 5.57. The fraction of sp³-hybridized carbons (Fsp3) is 0.444. The number of guanidine groups is 1. The number of amidine groups is 1. The molecule has 0 spiro atoms. The second-order valence-electron chi connectivity index (χ2n) is 3.77. The summed E-state index contributed by atoms with van der Waals surface area (Å²) >= 11 is 0. The zero-order valence-corrected chi connectivity index (χ0v) is 9.07. The third-order valence-corrected chi connectivity index (χ3v) is 2.38. The summed E-state index contributed by atoms with van der Waals surface area (Å²) in [6.45, 7) is 1.45. The highest BCUT2D eigenvalue weighted by atomic mass is 16.3. The van der Waals surface area contributed by atoms with Gasteiger partial charge >= 0.3 is 0 Å². The van der Waals surface area contributed by atoms with Crippen LogP contribution in [-0.2, 0) is 0 Å². The van der Waals surface area contributed by atoms with E-state index >= 15 is 0 Å². The second-order valence-corrected chi connectivity index (χ2v) is 3.77. The molecule has 0 aromatic rings. The number of nitrogens with zero attached hydrogens (tertiary/aromatic N) is 3. The van der Waals surface area contributed by atoms with Crippen molar-refractivity contribution in [3.8, 4) is 0 Å². The van der Waals surface area contributed by atoms with Gasteiger partial charge in [-0.2, -0.15) is 4.99 Å². The lowest BCUT2D eigenvalue weighted by molar-refractivity contribution is 0.0285. The predicted molar refractivity (Wildman–Crippen MR) is 61.8 cm³/mol. The predicted octanol–water partition coefficient (Wildman–Crippen LogP) is -1.78. The lowest BCUT2D eigenvalue weighted by Gasteiger charge is -2.23. The van der Waals surface area contributed by atoms with Crippen LogP contribution in [-0.4, -0.2) is 51.6 Å². The number of nitrogens with two attached hydrogens (primary N) is 1. The van der Waals surface area contributed by atoms with E-state index in [0.717, 1.165) is 0 Å². The van der Waals surface area contributed by atoms with Crippen LogP contribution in [0.5, 0.6) is 0 Å². The molecule has 2 aliphatic heterocycles. The van der Waals surface area contributed by atoms with Gasteiger partial charge in [-0.15, -0.1) is 0 Å². The molecule has 0 saturated heterocycles. The zero-order valence-electron chi connectivity index (χ0n) is 9.07. The van der Waals surface area contributed by atoms with Crippen LogP contribution in [0.2, 0.25) is 0 Å². The Morgan fingerprint density at radius 1 is 1.47 bits per heavy atom. The minimum absolute atomic E-state index is 0.00705. The normalized spacial score (nSPS) is 26.6. The standard InChI is InChI=1S/C9H13N5O3/c1-3(15)6(16)4-2-11-5-7(12-4)13-9(10)14-8(5)17/h2-4,6,15-16H,1H3,(H4,10,12,13,14,17). The number of rotatable bonds is 2. The van der Waals surface area contributed by atoms with E-state index in [0.29, 0.717) is 0 Å². The lowest BCUT2D eigenvalue weighted by atomic mass is 10.1.